The molecule has 1 heterocycles. The number of nitrogens with two attached hydrogens (primary N) is 1. The molecule has 0 aliphatic carbocycles. The number of carbonyl (C=O) groups is 2. The monoisotopic (exact) mass is 487 g/mol. The van der Waals surface area contributed by atoms with Crippen LogP contribution in [0, 0.1) is 6.92 Å². The number of primary amides is 1. The Bertz CT molecular complexity index is 1290. The minimum atomic E-state index is -0.579. The first kappa shape index (κ1) is 24.1. The predicted octanol–water partition coefficient (Wildman–Crippen LogP) is 4.67. The van der Waals surface area contributed by atoms with Crippen LogP contribution in [0.4, 0.5) is 5.69 Å². The molecule has 0 bridgehead atoms. The minimum absolute atomic E-state index is 0.127. The number of thioether (sulfide) groups is 1. The molecule has 0 spiro atoms. The second-order valence-electron chi connectivity index (χ2n) is 7.88. The van der Waals surface area contributed by atoms with Crippen LogP contribution in [0.15, 0.2) is 82.7 Å². The fraction of sp³-hybridized carbons (Fsp3) is 0.148. The van der Waals surface area contributed by atoms with Gasteiger partial charge in [-0.05, 0) is 60.2 Å². The average molecular weight is 488 g/mol. The first-order chi connectivity index (χ1) is 16.9. The van der Waals surface area contributed by atoms with Crippen molar-refractivity contribution in [1.29, 1.82) is 0 Å². The Morgan fingerprint density at radius 1 is 1.06 bits per heavy atom. The van der Waals surface area contributed by atoms with Crippen LogP contribution in [0.25, 0.3) is 6.08 Å². The molecule has 3 aromatic rings. The SMILES string of the molecule is COc1cc(C=C2SC(=Nc3ccc(C)cc3)N(Cc3ccccc3)C2=O)ccc1OCC(N)=O. The van der Waals surface area contributed by atoms with Crippen molar-refractivity contribution in [3.8, 4) is 11.5 Å². The lowest BCUT2D eigenvalue weighted by Crippen LogP contribution is -2.28. The number of ether oxygens (including phenoxy) is 2. The molecule has 7 nitrogen and oxygen atoms in total. The minimum Gasteiger partial charge on any atom is -0.493 e. The summed E-state index contributed by atoms with van der Waals surface area (Å²) >= 11 is 1.33. The van der Waals surface area contributed by atoms with Crippen molar-refractivity contribution >= 4 is 40.5 Å². The van der Waals surface area contributed by atoms with Crippen LogP contribution in [0.3, 0.4) is 0 Å². The first-order valence-electron chi connectivity index (χ1n) is 10.9. The highest BCUT2D eigenvalue weighted by Gasteiger charge is 2.33. The van der Waals surface area contributed by atoms with Crippen LogP contribution in [-0.4, -0.2) is 35.6 Å². The average Bonchev–Trinajstić information content (AvgIpc) is 3.13. The van der Waals surface area contributed by atoms with Crippen molar-refractivity contribution < 1.29 is 19.1 Å². The number of amidine groups is 1. The summed E-state index contributed by atoms with van der Waals surface area (Å²) in [7, 11) is 1.51. The second-order valence-corrected chi connectivity index (χ2v) is 8.89. The number of rotatable bonds is 8. The fourth-order valence-electron chi connectivity index (χ4n) is 3.42. The number of hydrogen-bond acceptors (Lipinski definition) is 6. The standard InChI is InChI=1S/C27H25N3O4S/c1-18-8-11-21(12-9-18)29-27-30(16-19-6-4-3-5-7-19)26(32)24(35-27)15-20-10-13-22(23(14-20)33-2)34-17-25(28)31/h3-15H,16-17H2,1-2H3,(H2,28,31). The third-order valence-corrected chi connectivity index (χ3v) is 6.19. The van der Waals surface area contributed by atoms with Gasteiger partial charge in [0.2, 0.25) is 0 Å². The molecule has 0 unspecified atom stereocenters. The fourth-order valence-corrected chi connectivity index (χ4v) is 4.42. The number of hydrogen-bond donors (Lipinski definition) is 1. The van der Waals surface area contributed by atoms with E-state index in [4.69, 9.17) is 20.2 Å². The number of carbonyl (C=O) groups excluding carboxylic acids is 2. The van der Waals surface area contributed by atoms with Gasteiger partial charge >= 0.3 is 0 Å². The molecular weight excluding hydrogens is 462 g/mol. The molecule has 2 amide bonds. The molecule has 1 aliphatic rings. The molecule has 4 rings (SSSR count). The third-order valence-electron chi connectivity index (χ3n) is 5.19. The lowest BCUT2D eigenvalue weighted by Gasteiger charge is -2.15. The summed E-state index contributed by atoms with van der Waals surface area (Å²) in [6.45, 7) is 2.18. The van der Waals surface area contributed by atoms with Crippen molar-refractivity contribution in [2.75, 3.05) is 13.7 Å². The molecular formula is C27H25N3O4S. The Kier molecular flexibility index (Phi) is 7.52. The quantitative estimate of drug-likeness (QED) is 0.466. The van der Waals surface area contributed by atoms with Crippen LogP contribution >= 0.6 is 11.8 Å². The summed E-state index contributed by atoms with van der Waals surface area (Å²) in [4.78, 5) is 31.4. The van der Waals surface area contributed by atoms with E-state index in [0.29, 0.717) is 28.1 Å². The molecule has 1 saturated heterocycles. The topological polar surface area (TPSA) is 94.2 Å². The largest absolute Gasteiger partial charge is 0.493 e. The molecule has 8 heteroatoms. The van der Waals surface area contributed by atoms with Gasteiger partial charge in [-0.2, -0.15) is 0 Å². The summed E-state index contributed by atoms with van der Waals surface area (Å²) in [6, 6.07) is 22.9. The zero-order valence-corrected chi connectivity index (χ0v) is 20.2. The molecule has 0 radical (unpaired) electrons. The number of amides is 2. The normalized spacial score (nSPS) is 15.6. The maximum Gasteiger partial charge on any atom is 0.267 e. The van der Waals surface area contributed by atoms with Gasteiger partial charge in [0.15, 0.2) is 23.3 Å². The number of benzene rings is 3. The van der Waals surface area contributed by atoms with Gasteiger partial charge in [-0.3, -0.25) is 14.5 Å². The Morgan fingerprint density at radius 3 is 2.49 bits per heavy atom. The summed E-state index contributed by atoms with van der Waals surface area (Å²) in [6.07, 6.45) is 1.79. The van der Waals surface area contributed by atoms with Crippen LogP contribution < -0.4 is 15.2 Å². The van der Waals surface area contributed by atoms with Crippen LogP contribution in [0.1, 0.15) is 16.7 Å². The van der Waals surface area contributed by atoms with E-state index in [1.54, 1.807) is 29.2 Å². The van der Waals surface area contributed by atoms with Gasteiger partial charge < -0.3 is 15.2 Å². The zero-order chi connectivity index (χ0) is 24.8. The molecule has 3 aromatic carbocycles. The molecule has 0 saturated carbocycles. The van der Waals surface area contributed by atoms with Crippen molar-refractivity contribution in [3.63, 3.8) is 0 Å². The van der Waals surface area contributed by atoms with Gasteiger partial charge in [-0.15, -0.1) is 0 Å². The van der Waals surface area contributed by atoms with E-state index in [-0.39, 0.29) is 12.5 Å². The first-order valence-corrected chi connectivity index (χ1v) is 11.7. The van der Waals surface area contributed by atoms with E-state index in [1.165, 1.54) is 18.9 Å². The van der Waals surface area contributed by atoms with Crippen LogP contribution in [-0.2, 0) is 16.1 Å². The summed E-state index contributed by atoms with van der Waals surface area (Å²) in [5.74, 6) is 0.125. The lowest BCUT2D eigenvalue weighted by molar-refractivity contribution is -0.122. The van der Waals surface area contributed by atoms with Crippen molar-refractivity contribution in [3.05, 3.63) is 94.4 Å². The van der Waals surface area contributed by atoms with Crippen LogP contribution in [0.5, 0.6) is 11.5 Å². The Morgan fingerprint density at radius 2 is 1.80 bits per heavy atom. The molecule has 178 valence electrons. The van der Waals surface area contributed by atoms with Gasteiger partial charge in [0.25, 0.3) is 11.8 Å². The van der Waals surface area contributed by atoms with Crippen molar-refractivity contribution in [2.45, 2.75) is 13.5 Å². The summed E-state index contributed by atoms with van der Waals surface area (Å²) < 4.78 is 10.8. The van der Waals surface area contributed by atoms with E-state index in [1.807, 2.05) is 61.5 Å². The Labute approximate surface area is 208 Å². The van der Waals surface area contributed by atoms with E-state index in [9.17, 15) is 9.59 Å². The predicted molar refractivity (Wildman–Crippen MR) is 139 cm³/mol. The Balaban J connectivity index is 1.65. The summed E-state index contributed by atoms with van der Waals surface area (Å²) in [5.41, 5.74) is 8.84. The highest BCUT2D eigenvalue weighted by Crippen LogP contribution is 2.36. The van der Waals surface area contributed by atoms with E-state index in [2.05, 4.69) is 0 Å². The van der Waals surface area contributed by atoms with Crippen molar-refractivity contribution in [1.82, 2.24) is 4.90 Å². The van der Waals surface area contributed by atoms with Gasteiger partial charge in [0.1, 0.15) is 0 Å². The summed E-state index contributed by atoms with van der Waals surface area (Å²) in [5, 5.41) is 0.613. The third kappa shape index (κ3) is 6.10. The Hall–Kier alpha value is -4.04. The van der Waals surface area contributed by atoms with Gasteiger partial charge in [-0.1, -0.05) is 54.1 Å². The second kappa shape index (κ2) is 10.9. The van der Waals surface area contributed by atoms with Gasteiger partial charge in [0, 0.05) is 0 Å². The van der Waals surface area contributed by atoms with E-state index >= 15 is 0 Å². The zero-order valence-electron chi connectivity index (χ0n) is 19.4. The number of aliphatic imine (C=N–C) groups is 1. The number of nitrogens with zero attached hydrogens (tertiary/aromatic N) is 2. The maximum absolute atomic E-state index is 13.4. The molecule has 1 fully saturated rings. The smallest absolute Gasteiger partial charge is 0.267 e. The maximum atomic E-state index is 13.4. The highest BCUT2D eigenvalue weighted by atomic mass is 32.2. The van der Waals surface area contributed by atoms with Gasteiger partial charge in [0.05, 0.1) is 24.2 Å². The van der Waals surface area contributed by atoms with Crippen molar-refractivity contribution in [2.24, 2.45) is 10.7 Å². The molecule has 0 aromatic heterocycles. The van der Waals surface area contributed by atoms with E-state index < -0.39 is 5.91 Å². The number of methoxy groups -OCH3 is 1. The molecule has 2 N–H and O–H groups in total. The van der Waals surface area contributed by atoms with E-state index in [0.717, 1.165) is 22.4 Å². The highest BCUT2D eigenvalue weighted by molar-refractivity contribution is 8.18. The number of aryl methyl sites for hydroxylation is 1. The molecule has 1 aliphatic heterocycles. The van der Waals surface area contributed by atoms with Gasteiger partial charge in [-0.25, -0.2) is 4.99 Å². The lowest BCUT2D eigenvalue weighted by atomic mass is 10.1. The molecule has 35 heavy (non-hydrogen) atoms. The molecule has 0 atom stereocenters. The van der Waals surface area contributed by atoms with Crippen LogP contribution in [0.2, 0.25) is 0 Å².